The molecule has 0 aliphatic rings. The molecule has 0 aliphatic carbocycles. The zero-order valence-electron chi connectivity index (χ0n) is 6.61. The number of furan rings is 1. The standard InChI is InChI=1S/C9H8O2S/c1-12(10)9-6-11-8-5-3-2-4-7(8)9/h2-6H,1H3. The Kier molecular flexibility index (Phi) is 1.73. The first-order chi connectivity index (χ1) is 5.79. The van der Waals surface area contributed by atoms with Gasteiger partial charge in [0.05, 0.1) is 15.7 Å². The zero-order valence-corrected chi connectivity index (χ0v) is 7.43. The summed E-state index contributed by atoms with van der Waals surface area (Å²) in [6.07, 6.45) is 3.21. The summed E-state index contributed by atoms with van der Waals surface area (Å²) in [5.41, 5.74) is 0.794. The molecule has 1 heterocycles. The number of benzene rings is 1. The third kappa shape index (κ3) is 1.06. The third-order valence-corrected chi connectivity index (χ3v) is 2.69. The van der Waals surface area contributed by atoms with Crippen molar-refractivity contribution in [1.82, 2.24) is 0 Å². The SMILES string of the molecule is CS(=O)c1coc2ccccc12. The van der Waals surface area contributed by atoms with Crippen LogP contribution in [0.4, 0.5) is 0 Å². The van der Waals surface area contributed by atoms with Gasteiger partial charge >= 0.3 is 0 Å². The second kappa shape index (κ2) is 2.75. The molecule has 2 rings (SSSR count). The Hall–Kier alpha value is -1.09. The van der Waals surface area contributed by atoms with E-state index >= 15 is 0 Å². The molecule has 0 bridgehead atoms. The normalized spacial score (nSPS) is 13.4. The molecule has 12 heavy (non-hydrogen) atoms. The minimum atomic E-state index is -0.966. The maximum atomic E-state index is 11.2. The molecule has 0 fully saturated rings. The van der Waals surface area contributed by atoms with Crippen molar-refractivity contribution in [2.75, 3.05) is 6.26 Å². The average Bonchev–Trinajstić information content (AvgIpc) is 2.47. The summed E-state index contributed by atoms with van der Waals surface area (Å²) in [5.74, 6) is 0. The molecular weight excluding hydrogens is 172 g/mol. The molecule has 62 valence electrons. The van der Waals surface area contributed by atoms with Crippen LogP contribution in [-0.4, -0.2) is 10.5 Å². The molecule has 1 atom stereocenters. The molecule has 0 N–H and O–H groups in total. The van der Waals surface area contributed by atoms with Crippen LogP contribution in [0.3, 0.4) is 0 Å². The Morgan fingerprint density at radius 1 is 1.33 bits per heavy atom. The van der Waals surface area contributed by atoms with Gasteiger partial charge in [-0.3, -0.25) is 4.21 Å². The molecule has 1 aromatic heterocycles. The molecule has 2 nitrogen and oxygen atoms in total. The van der Waals surface area contributed by atoms with Gasteiger partial charge in [-0.15, -0.1) is 0 Å². The van der Waals surface area contributed by atoms with Gasteiger partial charge in [0, 0.05) is 11.6 Å². The highest BCUT2D eigenvalue weighted by atomic mass is 32.2. The maximum absolute atomic E-state index is 11.2. The molecule has 0 amide bonds. The van der Waals surface area contributed by atoms with Crippen LogP contribution in [0.1, 0.15) is 0 Å². The van der Waals surface area contributed by atoms with E-state index in [-0.39, 0.29) is 0 Å². The fourth-order valence-electron chi connectivity index (χ4n) is 1.18. The van der Waals surface area contributed by atoms with Crippen molar-refractivity contribution in [2.24, 2.45) is 0 Å². The molecule has 0 radical (unpaired) electrons. The predicted molar refractivity (Wildman–Crippen MR) is 48.5 cm³/mol. The molecule has 3 heteroatoms. The van der Waals surface area contributed by atoms with Crippen LogP contribution >= 0.6 is 0 Å². The van der Waals surface area contributed by atoms with E-state index in [4.69, 9.17) is 4.42 Å². The highest BCUT2D eigenvalue weighted by Crippen LogP contribution is 2.22. The first-order valence-corrected chi connectivity index (χ1v) is 5.14. The average molecular weight is 180 g/mol. The summed E-state index contributed by atoms with van der Waals surface area (Å²) in [4.78, 5) is 0.769. The van der Waals surface area contributed by atoms with Crippen molar-refractivity contribution < 1.29 is 8.63 Å². The van der Waals surface area contributed by atoms with Crippen LogP contribution < -0.4 is 0 Å². The maximum Gasteiger partial charge on any atom is 0.135 e. The van der Waals surface area contributed by atoms with E-state index in [0.717, 1.165) is 15.9 Å². The van der Waals surface area contributed by atoms with Crippen molar-refractivity contribution in [1.29, 1.82) is 0 Å². The number of rotatable bonds is 1. The van der Waals surface area contributed by atoms with E-state index in [1.165, 1.54) is 0 Å². The molecule has 0 aliphatic heterocycles. The summed E-state index contributed by atoms with van der Waals surface area (Å²) >= 11 is 0. The monoisotopic (exact) mass is 180 g/mol. The lowest BCUT2D eigenvalue weighted by Gasteiger charge is -1.89. The van der Waals surface area contributed by atoms with Crippen LogP contribution in [-0.2, 0) is 10.8 Å². The lowest BCUT2D eigenvalue weighted by Crippen LogP contribution is -1.83. The lowest BCUT2D eigenvalue weighted by atomic mass is 10.3. The van der Waals surface area contributed by atoms with E-state index < -0.39 is 10.8 Å². The Bertz CT molecular complexity index is 431. The third-order valence-electron chi connectivity index (χ3n) is 1.76. The van der Waals surface area contributed by atoms with Gasteiger partial charge < -0.3 is 4.42 Å². The predicted octanol–water partition coefficient (Wildman–Crippen LogP) is 2.17. The van der Waals surface area contributed by atoms with Gasteiger partial charge in [-0.25, -0.2) is 0 Å². The minimum Gasteiger partial charge on any atom is -0.463 e. The number of fused-ring (bicyclic) bond motifs is 1. The number of hydrogen-bond acceptors (Lipinski definition) is 2. The Balaban J connectivity index is 2.79. The molecule has 0 spiro atoms. The highest BCUT2D eigenvalue weighted by molar-refractivity contribution is 7.84. The largest absolute Gasteiger partial charge is 0.463 e. The zero-order chi connectivity index (χ0) is 8.55. The van der Waals surface area contributed by atoms with E-state index in [2.05, 4.69) is 0 Å². The Morgan fingerprint density at radius 3 is 2.83 bits per heavy atom. The van der Waals surface area contributed by atoms with Crippen LogP contribution in [0, 0.1) is 0 Å². The number of para-hydroxylation sites is 1. The Morgan fingerprint density at radius 2 is 2.08 bits per heavy atom. The quantitative estimate of drug-likeness (QED) is 0.673. The second-order valence-electron chi connectivity index (χ2n) is 2.55. The summed E-state index contributed by atoms with van der Waals surface area (Å²) in [6, 6.07) is 7.59. The van der Waals surface area contributed by atoms with Gasteiger partial charge in [-0.2, -0.15) is 0 Å². The summed E-state index contributed by atoms with van der Waals surface area (Å²) in [5, 5.41) is 0.943. The Labute approximate surface area is 72.6 Å². The van der Waals surface area contributed by atoms with Gasteiger partial charge in [0.1, 0.15) is 11.8 Å². The van der Waals surface area contributed by atoms with Crippen LogP contribution in [0.25, 0.3) is 11.0 Å². The molecule has 2 aromatic rings. The van der Waals surface area contributed by atoms with Crippen molar-refractivity contribution >= 4 is 21.8 Å². The fraction of sp³-hybridized carbons (Fsp3) is 0.111. The van der Waals surface area contributed by atoms with Crippen molar-refractivity contribution in [3.05, 3.63) is 30.5 Å². The molecule has 1 aromatic carbocycles. The van der Waals surface area contributed by atoms with Crippen LogP contribution in [0.2, 0.25) is 0 Å². The van der Waals surface area contributed by atoms with Gasteiger partial charge in [0.25, 0.3) is 0 Å². The van der Waals surface area contributed by atoms with E-state index in [0.29, 0.717) is 0 Å². The number of hydrogen-bond donors (Lipinski definition) is 0. The molecular formula is C9H8O2S. The molecule has 0 saturated heterocycles. The topological polar surface area (TPSA) is 30.2 Å². The minimum absolute atomic E-state index is 0.769. The summed E-state index contributed by atoms with van der Waals surface area (Å²) < 4.78 is 16.4. The smallest absolute Gasteiger partial charge is 0.135 e. The fourth-order valence-corrected chi connectivity index (χ4v) is 1.84. The van der Waals surface area contributed by atoms with Gasteiger partial charge in [-0.1, -0.05) is 12.1 Å². The van der Waals surface area contributed by atoms with Crippen molar-refractivity contribution in [3.8, 4) is 0 Å². The second-order valence-corrected chi connectivity index (χ2v) is 3.90. The van der Waals surface area contributed by atoms with Crippen molar-refractivity contribution in [3.63, 3.8) is 0 Å². The van der Waals surface area contributed by atoms with Gasteiger partial charge in [0.15, 0.2) is 0 Å². The van der Waals surface area contributed by atoms with E-state index in [9.17, 15) is 4.21 Å². The van der Waals surface area contributed by atoms with Crippen LogP contribution in [0.5, 0.6) is 0 Å². The highest BCUT2D eigenvalue weighted by Gasteiger charge is 2.06. The molecule has 0 saturated carbocycles. The molecule has 1 unspecified atom stereocenters. The summed E-state index contributed by atoms with van der Waals surface area (Å²) in [6.45, 7) is 0. The van der Waals surface area contributed by atoms with Gasteiger partial charge in [-0.05, 0) is 12.1 Å². The first kappa shape index (κ1) is 7.55. The lowest BCUT2D eigenvalue weighted by molar-refractivity contribution is 0.606. The van der Waals surface area contributed by atoms with Crippen LogP contribution in [0.15, 0.2) is 39.8 Å². The summed E-state index contributed by atoms with van der Waals surface area (Å²) in [7, 11) is -0.966. The first-order valence-electron chi connectivity index (χ1n) is 3.58. The van der Waals surface area contributed by atoms with E-state index in [1.807, 2.05) is 24.3 Å². The van der Waals surface area contributed by atoms with E-state index in [1.54, 1.807) is 12.5 Å². The van der Waals surface area contributed by atoms with Gasteiger partial charge in [0.2, 0.25) is 0 Å². The van der Waals surface area contributed by atoms with Crippen molar-refractivity contribution in [2.45, 2.75) is 4.90 Å².